The van der Waals surface area contributed by atoms with E-state index in [9.17, 15) is 4.79 Å². The van der Waals surface area contributed by atoms with Crippen LogP contribution in [0.5, 0.6) is 5.75 Å². The third kappa shape index (κ3) is 6.57. The van der Waals surface area contributed by atoms with Crippen LogP contribution in [0.2, 0.25) is 0 Å². The van der Waals surface area contributed by atoms with Gasteiger partial charge in [0.05, 0.1) is 12.7 Å². The van der Waals surface area contributed by atoms with Crippen LogP contribution < -0.4 is 4.74 Å². The molecular weight excluding hydrogens is 398 g/mol. The number of esters is 1. The van der Waals surface area contributed by atoms with Gasteiger partial charge in [-0.3, -0.25) is 0 Å². The molecular formula is C28H35NO3. The summed E-state index contributed by atoms with van der Waals surface area (Å²) in [5.41, 5.74) is 4.87. The van der Waals surface area contributed by atoms with Gasteiger partial charge in [-0.05, 0) is 100 Å². The van der Waals surface area contributed by atoms with Crippen LogP contribution in [0.15, 0.2) is 60.2 Å². The number of hydrogen-bond acceptors (Lipinski definition) is 4. The molecule has 4 heteroatoms. The smallest absolute Gasteiger partial charge is 0.338 e. The Balaban J connectivity index is 1.93. The van der Waals surface area contributed by atoms with E-state index in [1.165, 1.54) is 16.7 Å². The highest BCUT2D eigenvalue weighted by Crippen LogP contribution is 2.37. The standard InChI is InChI=1S/C28H35NO3/c1-28(2,3)32-27(30)23-11-7-9-20(16-23)15-21-13-14-24(19-29(4)5)26(17-21)22-10-8-12-25(18-22)31-6/h7-12,15-18,24H,13-14,19H2,1-6H3. The van der Waals surface area contributed by atoms with E-state index >= 15 is 0 Å². The van der Waals surface area contributed by atoms with E-state index in [4.69, 9.17) is 9.47 Å². The van der Waals surface area contributed by atoms with Crippen LogP contribution in [0.4, 0.5) is 0 Å². The van der Waals surface area contributed by atoms with Crippen molar-refractivity contribution in [1.82, 2.24) is 4.90 Å². The highest BCUT2D eigenvalue weighted by Gasteiger charge is 2.22. The lowest BCUT2D eigenvalue weighted by Crippen LogP contribution is -2.24. The molecule has 1 atom stereocenters. The van der Waals surface area contributed by atoms with Crippen LogP contribution in [-0.4, -0.2) is 44.2 Å². The fourth-order valence-electron chi connectivity index (χ4n) is 4.06. The van der Waals surface area contributed by atoms with E-state index in [1.807, 2.05) is 57.2 Å². The first kappa shape index (κ1) is 23.8. The lowest BCUT2D eigenvalue weighted by molar-refractivity contribution is 0.00695. The lowest BCUT2D eigenvalue weighted by Gasteiger charge is -2.29. The minimum atomic E-state index is -0.509. The Morgan fingerprint density at radius 2 is 1.88 bits per heavy atom. The topological polar surface area (TPSA) is 38.8 Å². The van der Waals surface area contributed by atoms with Gasteiger partial charge >= 0.3 is 5.97 Å². The second-order valence-corrected chi connectivity index (χ2v) is 9.68. The maximum atomic E-state index is 12.5. The van der Waals surface area contributed by atoms with E-state index in [1.54, 1.807) is 7.11 Å². The van der Waals surface area contributed by atoms with Crippen molar-refractivity contribution in [2.75, 3.05) is 27.7 Å². The second-order valence-electron chi connectivity index (χ2n) is 9.68. The van der Waals surface area contributed by atoms with Gasteiger partial charge in [0, 0.05) is 6.54 Å². The summed E-state index contributed by atoms with van der Waals surface area (Å²) in [6.45, 7) is 6.65. The Labute approximate surface area is 192 Å². The van der Waals surface area contributed by atoms with Gasteiger partial charge in [-0.1, -0.05) is 36.4 Å². The van der Waals surface area contributed by atoms with Crippen molar-refractivity contribution >= 4 is 17.6 Å². The molecule has 0 aliphatic heterocycles. The van der Waals surface area contributed by atoms with E-state index in [2.05, 4.69) is 43.3 Å². The number of methoxy groups -OCH3 is 1. The fourth-order valence-corrected chi connectivity index (χ4v) is 4.06. The number of nitrogens with zero attached hydrogens (tertiary/aromatic N) is 1. The normalized spacial score (nSPS) is 17.9. The maximum absolute atomic E-state index is 12.5. The summed E-state index contributed by atoms with van der Waals surface area (Å²) in [4.78, 5) is 14.7. The van der Waals surface area contributed by atoms with Crippen LogP contribution in [0.1, 0.15) is 55.1 Å². The molecule has 3 rings (SSSR count). The average molecular weight is 434 g/mol. The van der Waals surface area contributed by atoms with Crippen molar-refractivity contribution in [2.45, 2.75) is 39.2 Å². The molecule has 1 unspecified atom stereocenters. The van der Waals surface area contributed by atoms with Gasteiger partial charge in [-0.15, -0.1) is 0 Å². The molecule has 32 heavy (non-hydrogen) atoms. The molecule has 170 valence electrons. The SMILES string of the molecule is COc1cccc(C2=CC(=Cc3cccc(C(=O)OC(C)(C)C)c3)CCC2CN(C)C)c1. The second kappa shape index (κ2) is 10.2. The van der Waals surface area contributed by atoms with Gasteiger partial charge in [0.2, 0.25) is 0 Å². The Kier molecular flexibility index (Phi) is 7.57. The van der Waals surface area contributed by atoms with Crippen molar-refractivity contribution < 1.29 is 14.3 Å². The average Bonchev–Trinajstić information content (AvgIpc) is 2.73. The maximum Gasteiger partial charge on any atom is 0.338 e. The molecule has 1 aliphatic carbocycles. The number of carbonyl (C=O) groups excluding carboxylic acids is 1. The summed E-state index contributed by atoms with van der Waals surface area (Å²) >= 11 is 0. The summed E-state index contributed by atoms with van der Waals surface area (Å²) in [5, 5.41) is 0. The molecule has 0 radical (unpaired) electrons. The van der Waals surface area contributed by atoms with Crippen LogP contribution in [-0.2, 0) is 4.74 Å². The highest BCUT2D eigenvalue weighted by molar-refractivity contribution is 5.90. The van der Waals surface area contributed by atoms with Crippen molar-refractivity contribution in [2.24, 2.45) is 5.92 Å². The Bertz CT molecular complexity index is 1010. The lowest BCUT2D eigenvalue weighted by atomic mass is 9.81. The van der Waals surface area contributed by atoms with Crippen LogP contribution in [0.25, 0.3) is 11.6 Å². The quantitative estimate of drug-likeness (QED) is 0.517. The zero-order valence-electron chi connectivity index (χ0n) is 20.1. The molecule has 4 nitrogen and oxygen atoms in total. The number of rotatable bonds is 6. The van der Waals surface area contributed by atoms with E-state index in [-0.39, 0.29) is 5.97 Å². The molecule has 0 spiro atoms. The number of allylic oxidation sites excluding steroid dienone is 2. The first-order valence-corrected chi connectivity index (χ1v) is 11.2. The molecule has 0 fully saturated rings. The Morgan fingerprint density at radius 3 is 2.56 bits per heavy atom. The van der Waals surface area contributed by atoms with Gasteiger partial charge in [0.15, 0.2) is 0 Å². The van der Waals surface area contributed by atoms with Crippen LogP contribution >= 0.6 is 0 Å². The summed E-state index contributed by atoms with van der Waals surface area (Å²) in [6, 6.07) is 16.0. The minimum Gasteiger partial charge on any atom is -0.497 e. The third-order valence-corrected chi connectivity index (χ3v) is 5.42. The summed E-state index contributed by atoms with van der Waals surface area (Å²) in [6.07, 6.45) is 6.58. The molecule has 1 aliphatic rings. The van der Waals surface area contributed by atoms with Gasteiger partial charge < -0.3 is 14.4 Å². The summed E-state index contributed by atoms with van der Waals surface area (Å²) in [5.74, 6) is 1.04. The molecule has 0 bridgehead atoms. The molecule has 2 aromatic carbocycles. The zero-order chi connectivity index (χ0) is 23.3. The Hall–Kier alpha value is -2.85. The largest absolute Gasteiger partial charge is 0.497 e. The fraction of sp³-hybridized carbons (Fsp3) is 0.393. The van der Waals surface area contributed by atoms with Crippen LogP contribution in [0.3, 0.4) is 0 Å². The van der Waals surface area contributed by atoms with Gasteiger partial charge in [-0.2, -0.15) is 0 Å². The summed E-state index contributed by atoms with van der Waals surface area (Å²) in [7, 11) is 5.95. The van der Waals surface area contributed by atoms with Crippen molar-refractivity contribution in [3.05, 3.63) is 76.9 Å². The van der Waals surface area contributed by atoms with Gasteiger partial charge in [-0.25, -0.2) is 4.79 Å². The first-order chi connectivity index (χ1) is 15.1. The molecule has 0 saturated carbocycles. The number of benzene rings is 2. The number of hydrogen-bond donors (Lipinski definition) is 0. The monoisotopic (exact) mass is 433 g/mol. The minimum absolute atomic E-state index is 0.292. The molecule has 0 aromatic heterocycles. The molecule has 0 N–H and O–H groups in total. The van der Waals surface area contributed by atoms with E-state index < -0.39 is 5.60 Å². The molecule has 0 heterocycles. The molecule has 2 aromatic rings. The molecule has 0 saturated heterocycles. The molecule has 0 amide bonds. The predicted octanol–water partition coefficient (Wildman–Crippen LogP) is 6.09. The highest BCUT2D eigenvalue weighted by atomic mass is 16.6. The van der Waals surface area contributed by atoms with E-state index in [0.717, 1.165) is 30.7 Å². The number of ether oxygens (including phenoxy) is 2. The van der Waals surface area contributed by atoms with Crippen molar-refractivity contribution in [3.63, 3.8) is 0 Å². The van der Waals surface area contributed by atoms with Crippen molar-refractivity contribution in [1.29, 1.82) is 0 Å². The van der Waals surface area contributed by atoms with Crippen molar-refractivity contribution in [3.8, 4) is 5.75 Å². The summed E-state index contributed by atoms with van der Waals surface area (Å²) < 4.78 is 11.0. The zero-order valence-corrected chi connectivity index (χ0v) is 20.1. The third-order valence-electron chi connectivity index (χ3n) is 5.42. The van der Waals surface area contributed by atoms with E-state index in [0.29, 0.717) is 11.5 Å². The first-order valence-electron chi connectivity index (χ1n) is 11.2. The van der Waals surface area contributed by atoms with Gasteiger partial charge in [0.1, 0.15) is 11.4 Å². The number of carbonyl (C=O) groups is 1. The van der Waals surface area contributed by atoms with Crippen LogP contribution in [0, 0.1) is 5.92 Å². The Morgan fingerprint density at radius 1 is 1.12 bits per heavy atom. The predicted molar refractivity (Wildman–Crippen MR) is 132 cm³/mol. The van der Waals surface area contributed by atoms with Gasteiger partial charge in [0.25, 0.3) is 0 Å².